The van der Waals surface area contributed by atoms with Crippen LogP contribution in [0, 0.1) is 5.92 Å². The molecule has 2 rings (SSSR count). The molecule has 1 aromatic rings. The van der Waals surface area contributed by atoms with Gasteiger partial charge in [0.2, 0.25) is 10.0 Å². The van der Waals surface area contributed by atoms with Crippen LogP contribution >= 0.6 is 0 Å². The van der Waals surface area contributed by atoms with Gasteiger partial charge in [-0.1, -0.05) is 0 Å². The first-order valence-corrected chi connectivity index (χ1v) is 10.5. The summed E-state index contributed by atoms with van der Waals surface area (Å²) in [7, 11) is -6.04. The van der Waals surface area contributed by atoms with E-state index in [0.29, 0.717) is 19.5 Å². The van der Waals surface area contributed by atoms with Gasteiger partial charge in [-0.25, -0.2) is 16.8 Å². The van der Waals surface area contributed by atoms with Gasteiger partial charge >= 0.3 is 0 Å². The monoisotopic (exact) mass is 362 g/mol. The third-order valence-corrected chi connectivity index (χ3v) is 7.20. The van der Waals surface area contributed by atoms with Crippen molar-refractivity contribution >= 4 is 19.9 Å². The van der Waals surface area contributed by atoms with Gasteiger partial charge in [-0.05, 0) is 44.0 Å². The minimum atomic E-state index is -3.87. The topological polar surface area (TPSA) is 107 Å². The van der Waals surface area contributed by atoms with E-state index in [-0.39, 0.29) is 27.5 Å². The van der Waals surface area contributed by atoms with Gasteiger partial charge in [0.1, 0.15) is 10.6 Å². The Labute approximate surface area is 137 Å². The molecule has 9 heteroatoms. The van der Waals surface area contributed by atoms with Crippen LogP contribution in [-0.2, 0) is 19.9 Å². The van der Waals surface area contributed by atoms with Gasteiger partial charge < -0.3 is 10.5 Å². The Hall–Kier alpha value is -1.16. The van der Waals surface area contributed by atoms with Gasteiger partial charge in [-0.15, -0.1) is 0 Å². The molecule has 0 spiro atoms. The summed E-state index contributed by atoms with van der Waals surface area (Å²) in [4.78, 5) is -0.188. The fraction of sp³-hybridized carbons (Fsp3) is 0.571. The number of benzene rings is 1. The first kappa shape index (κ1) is 18.2. The maximum absolute atomic E-state index is 13.0. The van der Waals surface area contributed by atoms with Gasteiger partial charge in [0.15, 0.2) is 9.84 Å². The maximum Gasteiger partial charge on any atom is 0.247 e. The molecule has 1 saturated heterocycles. The second kappa shape index (κ2) is 6.39. The van der Waals surface area contributed by atoms with Crippen LogP contribution in [0.15, 0.2) is 28.0 Å². The fourth-order valence-corrected chi connectivity index (χ4v) is 5.45. The number of sulfone groups is 1. The van der Waals surface area contributed by atoms with Gasteiger partial charge in [-0.3, -0.25) is 0 Å². The van der Waals surface area contributed by atoms with Crippen LogP contribution in [0.2, 0.25) is 0 Å². The number of hydrogen-bond acceptors (Lipinski definition) is 6. The average molecular weight is 362 g/mol. The van der Waals surface area contributed by atoms with Crippen LogP contribution in [0.5, 0.6) is 5.75 Å². The number of hydrogen-bond donors (Lipinski definition) is 1. The number of rotatable bonds is 5. The molecule has 0 amide bonds. The minimum Gasteiger partial charge on any atom is -0.495 e. The summed E-state index contributed by atoms with van der Waals surface area (Å²) < 4.78 is 55.9. The van der Waals surface area contributed by atoms with E-state index in [2.05, 4.69) is 0 Å². The van der Waals surface area contributed by atoms with Gasteiger partial charge in [-0.2, -0.15) is 4.31 Å². The van der Waals surface area contributed by atoms with E-state index in [1.54, 1.807) is 0 Å². The lowest BCUT2D eigenvalue weighted by Crippen LogP contribution is -2.34. The highest BCUT2D eigenvalue weighted by Gasteiger charge is 2.39. The first-order valence-electron chi connectivity index (χ1n) is 7.21. The summed E-state index contributed by atoms with van der Waals surface area (Å²) in [5, 5.41) is 0. The number of nitrogens with zero attached hydrogens (tertiary/aromatic N) is 1. The van der Waals surface area contributed by atoms with Crippen LogP contribution in [0.25, 0.3) is 0 Å². The molecule has 1 fully saturated rings. The molecule has 2 unspecified atom stereocenters. The van der Waals surface area contributed by atoms with Crippen molar-refractivity contribution in [2.75, 3.05) is 26.5 Å². The molecule has 2 atom stereocenters. The second-order valence-electron chi connectivity index (χ2n) is 5.85. The highest BCUT2D eigenvalue weighted by molar-refractivity contribution is 7.91. The maximum atomic E-state index is 13.0. The van der Waals surface area contributed by atoms with Crippen molar-refractivity contribution in [2.24, 2.45) is 11.7 Å². The Morgan fingerprint density at radius 3 is 2.43 bits per heavy atom. The van der Waals surface area contributed by atoms with Crippen LogP contribution in [0.3, 0.4) is 0 Å². The van der Waals surface area contributed by atoms with Crippen LogP contribution in [0.1, 0.15) is 13.3 Å². The van der Waals surface area contributed by atoms with Crippen molar-refractivity contribution in [3.8, 4) is 5.75 Å². The van der Waals surface area contributed by atoms with E-state index in [4.69, 9.17) is 10.5 Å². The molecule has 130 valence electrons. The zero-order valence-electron chi connectivity index (χ0n) is 13.4. The number of sulfonamides is 1. The molecule has 0 bridgehead atoms. The lowest BCUT2D eigenvalue weighted by Gasteiger charge is -2.22. The van der Waals surface area contributed by atoms with Crippen LogP contribution in [0.4, 0.5) is 0 Å². The summed E-state index contributed by atoms with van der Waals surface area (Å²) in [6, 6.07) is 3.67. The molecule has 0 radical (unpaired) electrons. The van der Waals surface area contributed by atoms with Crippen molar-refractivity contribution in [3.05, 3.63) is 18.2 Å². The normalized spacial score (nSPS) is 23.1. The lowest BCUT2D eigenvalue weighted by molar-refractivity contribution is 0.384. The summed E-state index contributed by atoms with van der Waals surface area (Å²) in [6.07, 6.45) is 1.72. The molecule has 0 saturated carbocycles. The Morgan fingerprint density at radius 2 is 1.96 bits per heavy atom. The van der Waals surface area contributed by atoms with Crippen LogP contribution in [-0.4, -0.2) is 53.6 Å². The van der Waals surface area contributed by atoms with Crippen LogP contribution < -0.4 is 10.5 Å². The number of ether oxygens (including phenoxy) is 1. The number of methoxy groups -OCH3 is 1. The summed E-state index contributed by atoms with van der Waals surface area (Å²) in [5.41, 5.74) is 5.65. The smallest absolute Gasteiger partial charge is 0.247 e. The Balaban J connectivity index is 2.55. The van der Waals surface area contributed by atoms with Crippen molar-refractivity contribution < 1.29 is 21.6 Å². The Bertz CT molecular complexity index is 789. The van der Waals surface area contributed by atoms with Crippen molar-refractivity contribution in [2.45, 2.75) is 29.2 Å². The summed E-state index contributed by atoms with van der Waals surface area (Å²) in [6.45, 7) is 2.56. The van der Waals surface area contributed by atoms with Crippen molar-refractivity contribution in [1.29, 1.82) is 0 Å². The quantitative estimate of drug-likeness (QED) is 0.815. The molecule has 1 aromatic carbocycles. The van der Waals surface area contributed by atoms with Crippen molar-refractivity contribution in [1.82, 2.24) is 4.31 Å². The standard InChI is InChI=1S/C14H22N2O5S2/c1-10-6-11(8-15)9-16(10)23(19,20)14-7-12(22(3,17)18)4-5-13(14)21-2/h4-5,7,10-11H,6,8-9,15H2,1-3H3. The summed E-state index contributed by atoms with van der Waals surface area (Å²) in [5.74, 6) is 0.227. The van der Waals surface area contributed by atoms with Crippen molar-refractivity contribution in [3.63, 3.8) is 0 Å². The third-order valence-electron chi connectivity index (χ3n) is 4.09. The predicted octanol–water partition coefficient (Wildman–Crippen LogP) is 0.457. The van der Waals surface area contributed by atoms with E-state index < -0.39 is 19.9 Å². The van der Waals surface area contributed by atoms with Gasteiger partial charge in [0.05, 0.1) is 12.0 Å². The summed E-state index contributed by atoms with van der Waals surface area (Å²) >= 11 is 0. The highest BCUT2D eigenvalue weighted by atomic mass is 32.2. The molecular weight excluding hydrogens is 340 g/mol. The SMILES string of the molecule is COc1ccc(S(C)(=O)=O)cc1S(=O)(=O)N1CC(CN)CC1C. The molecule has 1 aliphatic rings. The molecule has 23 heavy (non-hydrogen) atoms. The van der Waals surface area contributed by atoms with E-state index >= 15 is 0 Å². The van der Waals surface area contributed by atoms with E-state index in [1.165, 1.54) is 23.5 Å². The van der Waals surface area contributed by atoms with Gasteiger partial charge in [0, 0.05) is 18.8 Å². The number of nitrogens with two attached hydrogens (primary N) is 1. The predicted molar refractivity (Wildman–Crippen MR) is 86.6 cm³/mol. The zero-order chi connectivity index (χ0) is 17.4. The zero-order valence-corrected chi connectivity index (χ0v) is 15.0. The molecular formula is C14H22N2O5S2. The van der Waals surface area contributed by atoms with E-state index in [1.807, 2.05) is 6.92 Å². The Morgan fingerprint density at radius 1 is 1.30 bits per heavy atom. The van der Waals surface area contributed by atoms with E-state index in [0.717, 1.165) is 12.3 Å². The molecule has 2 N–H and O–H groups in total. The first-order chi connectivity index (χ1) is 10.6. The van der Waals surface area contributed by atoms with E-state index in [9.17, 15) is 16.8 Å². The largest absolute Gasteiger partial charge is 0.495 e. The van der Waals surface area contributed by atoms with Gasteiger partial charge in [0.25, 0.3) is 0 Å². The molecule has 1 aliphatic heterocycles. The second-order valence-corrected chi connectivity index (χ2v) is 9.72. The molecule has 0 aliphatic carbocycles. The highest BCUT2D eigenvalue weighted by Crippen LogP contribution is 2.34. The fourth-order valence-electron chi connectivity index (χ4n) is 2.83. The molecule has 7 nitrogen and oxygen atoms in total. The Kier molecular flexibility index (Phi) is 5.05. The minimum absolute atomic E-state index is 0.0564. The molecule has 0 aromatic heterocycles. The third kappa shape index (κ3) is 3.52. The average Bonchev–Trinajstić information content (AvgIpc) is 2.87. The molecule has 1 heterocycles. The lowest BCUT2D eigenvalue weighted by atomic mass is 10.1.